The fourth-order valence-corrected chi connectivity index (χ4v) is 0.777. The third kappa shape index (κ3) is 5.64. The van der Waals surface area contributed by atoms with Crippen LogP contribution in [0.25, 0.3) is 0 Å². The predicted octanol–water partition coefficient (Wildman–Crippen LogP) is -1.05. The maximum atomic E-state index is 5.25. The second-order valence-corrected chi connectivity index (χ2v) is 2.77. The molecule has 0 radical (unpaired) electrons. The van der Waals surface area contributed by atoms with Crippen LogP contribution in [-0.4, -0.2) is 43.0 Å². The van der Waals surface area contributed by atoms with Gasteiger partial charge in [0, 0.05) is 6.61 Å². The molecular weight excluding hydrogens is 180 g/mol. The average Bonchev–Trinajstić information content (AvgIpc) is 2.87. The van der Waals surface area contributed by atoms with Gasteiger partial charge in [-0.3, -0.25) is 4.58 Å². The molecule has 0 N–H and O–H groups in total. The van der Waals surface area contributed by atoms with Crippen LogP contribution in [0.3, 0.4) is 0 Å². The van der Waals surface area contributed by atoms with E-state index in [0.29, 0.717) is 36.4 Å². The Hall–Kier alpha value is 0.0169. The highest BCUT2D eigenvalue weighted by Gasteiger charge is 2.21. The Balaban J connectivity index is 1.65. The summed E-state index contributed by atoms with van der Waals surface area (Å²) in [5, 5.41) is 4.25. The molecule has 0 saturated carbocycles. The normalized spacial score (nSPS) is 21.5. The van der Waals surface area contributed by atoms with Crippen molar-refractivity contribution in [1.82, 2.24) is 0 Å². The van der Waals surface area contributed by atoms with Crippen molar-refractivity contribution >= 4 is 10.5 Å². The van der Waals surface area contributed by atoms with Crippen LogP contribution in [0.5, 0.6) is 0 Å². The first kappa shape index (κ1) is 10.1. The van der Waals surface area contributed by atoms with Gasteiger partial charge >= 0.3 is 0 Å². The first-order valence-corrected chi connectivity index (χ1v) is 4.76. The Bertz CT molecular complexity index is 108. The molecule has 12 heavy (non-hydrogen) atoms. The van der Waals surface area contributed by atoms with E-state index in [1.54, 1.807) is 0 Å². The van der Waals surface area contributed by atoms with Crippen LogP contribution in [0, 0.1) is 0 Å². The summed E-state index contributed by atoms with van der Waals surface area (Å²) < 4.78 is 14.6. The molecule has 0 bridgehead atoms. The summed E-state index contributed by atoms with van der Waals surface area (Å²) in [7, 11) is 0.520. The summed E-state index contributed by atoms with van der Waals surface area (Å²) >= 11 is 0. The van der Waals surface area contributed by atoms with E-state index < -0.39 is 0 Å². The Kier molecular flexibility index (Phi) is 5.49. The number of ether oxygens (including phenoxy) is 2. The quantitative estimate of drug-likeness (QED) is 0.162. The van der Waals surface area contributed by atoms with Crippen LogP contribution in [0.4, 0.5) is 0 Å². The topological polar surface area (TPSA) is 49.5 Å². The Morgan fingerprint density at radius 2 is 2.25 bits per heavy atom. The van der Waals surface area contributed by atoms with Gasteiger partial charge in [-0.2, -0.15) is 0 Å². The van der Waals surface area contributed by atoms with Gasteiger partial charge in [-0.1, -0.05) is 5.04 Å². The van der Waals surface area contributed by atoms with Gasteiger partial charge in [0.05, 0.1) is 19.8 Å². The highest BCUT2D eigenvalue weighted by molar-refractivity contribution is 5.97. The first-order valence-electron chi connectivity index (χ1n) is 3.95. The molecule has 1 saturated heterocycles. The molecule has 0 aliphatic carbocycles. The molecule has 72 valence electrons. The molecule has 1 aliphatic heterocycles. The van der Waals surface area contributed by atoms with Gasteiger partial charge in [-0.05, 0) is 6.42 Å². The van der Waals surface area contributed by atoms with Gasteiger partial charge in [0.15, 0.2) is 10.5 Å². The second-order valence-electron chi connectivity index (χ2n) is 2.44. The highest BCUT2D eigenvalue weighted by Crippen LogP contribution is 2.08. The zero-order chi connectivity index (χ0) is 8.65. The van der Waals surface area contributed by atoms with Gasteiger partial charge in [-0.15, -0.1) is 0 Å². The molecule has 6 heteroatoms. The number of epoxide rings is 1. The summed E-state index contributed by atoms with van der Waals surface area (Å²) in [5.41, 5.74) is 0. The average molecular weight is 194 g/mol. The SMILES string of the molecule is [SiH3]OOOCCCOCC1CO1. The lowest BCUT2D eigenvalue weighted by Crippen LogP contribution is -2.05. The van der Waals surface area contributed by atoms with Crippen molar-refractivity contribution in [2.24, 2.45) is 0 Å². The lowest BCUT2D eigenvalue weighted by atomic mass is 10.5. The van der Waals surface area contributed by atoms with Crippen LogP contribution < -0.4 is 0 Å². The second kappa shape index (κ2) is 6.52. The summed E-state index contributed by atoms with van der Waals surface area (Å²) in [6, 6.07) is 0. The molecule has 0 spiro atoms. The standard InChI is InChI=1S/C6H14O5Si/c12-11-10-9-3-1-2-7-4-6-5-8-6/h6H,1-5H2,12H3. The zero-order valence-corrected chi connectivity index (χ0v) is 9.15. The van der Waals surface area contributed by atoms with Gasteiger partial charge in [0.1, 0.15) is 6.10 Å². The van der Waals surface area contributed by atoms with E-state index in [2.05, 4.69) is 14.5 Å². The molecular formula is C6H14O5Si. The van der Waals surface area contributed by atoms with E-state index in [-0.39, 0.29) is 0 Å². The maximum absolute atomic E-state index is 5.25. The smallest absolute Gasteiger partial charge is 0.197 e. The summed E-state index contributed by atoms with van der Waals surface area (Å²) in [6.45, 7) is 2.70. The van der Waals surface area contributed by atoms with Crippen LogP contribution in [0.15, 0.2) is 0 Å². The molecule has 5 nitrogen and oxygen atoms in total. The van der Waals surface area contributed by atoms with Crippen molar-refractivity contribution in [3.8, 4) is 0 Å². The van der Waals surface area contributed by atoms with Gasteiger partial charge in [-0.25, -0.2) is 4.89 Å². The first-order chi connectivity index (χ1) is 5.93. The minimum Gasteiger partial charge on any atom is -0.379 e. The third-order valence-corrected chi connectivity index (χ3v) is 1.47. The molecule has 0 aromatic heterocycles. The van der Waals surface area contributed by atoms with Crippen LogP contribution >= 0.6 is 0 Å². The van der Waals surface area contributed by atoms with Gasteiger partial charge in [0.2, 0.25) is 0 Å². The fraction of sp³-hybridized carbons (Fsp3) is 1.00. The Morgan fingerprint density at radius 3 is 2.92 bits per heavy atom. The largest absolute Gasteiger partial charge is 0.379 e. The molecule has 1 rings (SSSR count). The van der Waals surface area contributed by atoms with Crippen LogP contribution in [-0.2, 0) is 24.0 Å². The van der Waals surface area contributed by atoms with Crippen molar-refractivity contribution in [2.45, 2.75) is 12.5 Å². The number of hydrogen-bond acceptors (Lipinski definition) is 5. The lowest BCUT2D eigenvalue weighted by Gasteiger charge is -2.01. The highest BCUT2D eigenvalue weighted by atomic mass is 28.2. The van der Waals surface area contributed by atoms with Crippen molar-refractivity contribution in [2.75, 3.05) is 26.4 Å². The van der Waals surface area contributed by atoms with Crippen LogP contribution in [0.1, 0.15) is 6.42 Å². The summed E-state index contributed by atoms with van der Waals surface area (Å²) in [4.78, 5) is 4.61. The van der Waals surface area contributed by atoms with E-state index in [0.717, 1.165) is 13.0 Å². The van der Waals surface area contributed by atoms with Crippen molar-refractivity contribution in [3.63, 3.8) is 0 Å². The lowest BCUT2D eigenvalue weighted by molar-refractivity contribution is -0.467. The molecule has 1 unspecified atom stereocenters. The molecule has 1 heterocycles. The monoisotopic (exact) mass is 194 g/mol. The number of hydrogen-bond donors (Lipinski definition) is 0. The predicted molar refractivity (Wildman–Crippen MR) is 43.2 cm³/mol. The molecule has 1 atom stereocenters. The molecule has 0 aromatic rings. The summed E-state index contributed by atoms with van der Waals surface area (Å²) in [6.07, 6.45) is 1.14. The van der Waals surface area contributed by atoms with E-state index in [1.165, 1.54) is 0 Å². The minimum absolute atomic E-state index is 0.340. The molecule has 1 fully saturated rings. The van der Waals surface area contributed by atoms with Crippen molar-refractivity contribution in [3.05, 3.63) is 0 Å². The van der Waals surface area contributed by atoms with E-state index >= 15 is 0 Å². The Labute approximate surface area is 74.3 Å². The Morgan fingerprint density at radius 1 is 1.42 bits per heavy atom. The van der Waals surface area contributed by atoms with Gasteiger partial charge in [0.25, 0.3) is 0 Å². The summed E-state index contributed by atoms with van der Waals surface area (Å²) in [5.74, 6) is 0. The maximum Gasteiger partial charge on any atom is 0.197 e. The fourth-order valence-electron chi connectivity index (χ4n) is 0.681. The molecule has 0 amide bonds. The van der Waals surface area contributed by atoms with Crippen molar-refractivity contribution in [1.29, 1.82) is 0 Å². The zero-order valence-electron chi connectivity index (χ0n) is 7.15. The minimum atomic E-state index is 0.340. The molecule has 0 aromatic carbocycles. The molecule has 1 aliphatic rings. The van der Waals surface area contributed by atoms with Crippen molar-refractivity contribution < 1.29 is 24.0 Å². The van der Waals surface area contributed by atoms with E-state index in [4.69, 9.17) is 9.47 Å². The van der Waals surface area contributed by atoms with E-state index in [1.807, 2.05) is 0 Å². The van der Waals surface area contributed by atoms with E-state index in [9.17, 15) is 0 Å². The van der Waals surface area contributed by atoms with Gasteiger partial charge < -0.3 is 9.47 Å². The van der Waals surface area contributed by atoms with Crippen LogP contribution in [0.2, 0.25) is 0 Å². The number of rotatable bonds is 8. The third-order valence-electron chi connectivity index (χ3n) is 1.34.